The highest BCUT2D eigenvalue weighted by Gasteiger charge is 2.21. The summed E-state index contributed by atoms with van der Waals surface area (Å²) in [5.74, 6) is 7.87. The van der Waals surface area contributed by atoms with E-state index in [0.29, 0.717) is 11.9 Å². The second-order valence-corrected chi connectivity index (χ2v) is 6.76. The zero-order valence-corrected chi connectivity index (χ0v) is 14.4. The van der Waals surface area contributed by atoms with Gasteiger partial charge in [-0.25, -0.2) is 15.8 Å². The average molecular weight is 294 g/mol. The Balaban J connectivity index is 2.90. The molecular weight excluding hydrogens is 264 g/mol. The van der Waals surface area contributed by atoms with E-state index in [1.807, 2.05) is 6.92 Å². The molecule has 6 nitrogen and oxygen atoms in total. The topological polar surface area (TPSA) is 79.1 Å². The third kappa shape index (κ3) is 4.82. The summed E-state index contributed by atoms with van der Waals surface area (Å²) in [4.78, 5) is 11.4. The SMILES string of the molecule is Cc1c(NN)nc(C(C)(C)C)nc1NCCN(C)C(C)C. The molecule has 0 aliphatic heterocycles. The van der Waals surface area contributed by atoms with Crippen LogP contribution in [0.25, 0.3) is 0 Å². The van der Waals surface area contributed by atoms with E-state index in [2.05, 4.69) is 67.3 Å². The Labute approximate surface area is 128 Å². The Kier molecular flexibility index (Phi) is 5.92. The van der Waals surface area contributed by atoms with Crippen LogP contribution >= 0.6 is 0 Å². The zero-order valence-electron chi connectivity index (χ0n) is 14.4. The molecule has 120 valence electrons. The monoisotopic (exact) mass is 294 g/mol. The van der Waals surface area contributed by atoms with Crippen LogP contribution in [0.1, 0.15) is 46.0 Å². The maximum absolute atomic E-state index is 5.57. The third-order valence-electron chi connectivity index (χ3n) is 3.59. The summed E-state index contributed by atoms with van der Waals surface area (Å²) in [5.41, 5.74) is 3.49. The fraction of sp³-hybridized carbons (Fsp3) is 0.733. The fourth-order valence-corrected chi connectivity index (χ4v) is 1.77. The number of hydrogen-bond donors (Lipinski definition) is 3. The first-order valence-electron chi connectivity index (χ1n) is 7.46. The lowest BCUT2D eigenvalue weighted by Gasteiger charge is -2.23. The lowest BCUT2D eigenvalue weighted by Crippen LogP contribution is -2.31. The van der Waals surface area contributed by atoms with E-state index in [1.165, 1.54) is 0 Å². The van der Waals surface area contributed by atoms with Gasteiger partial charge >= 0.3 is 0 Å². The summed E-state index contributed by atoms with van der Waals surface area (Å²) in [6.07, 6.45) is 0. The van der Waals surface area contributed by atoms with Gasteiger partial charge in [0.25, 0.3) is 0 Å². The van der Waals surface area contributed by atoms with Crippen LogP contribution in [-0.2, 0) is 5.41 Å². The Morgan fingerprint density at radius 2 is 1.76 bits per heavy atom. The number of aromatic nitrogens is 2. The largest absolute Gasteiger partial charge is 0.368 e. The molecule has 0 aliphatic carbocycles. The number of hydrogen-bond acceptors (Lipinski definition) is 6. The summed E-state index contributed by atoms with van der Waals surface area (Å²) < 4.78 is 0. The molecule has 0 bridgehead atoms. The molecule has 1 rings (SSSR count). The highest BCUT2D eigenvalue weighted by Crippen LogP contribution is 2.25. The van der Waals surface area contributed by atoms with E-state index in [1.54, 1.807) is 0 Å². The van der Waals surface area contributed by atoms with Gasteiger partial charge in [-0.3, -0.25) is 0 Å². The summed E-state index contributed by atoms with van der Waals surface area (Å²) in [7, 11) is 2.12. The number of nitrogens with two attached hydrogens (primary N) is 1. The van der Waals surface area contributed by atoms with Crippen LogP contribution in [0.15, 0.2) is 0 Å². The fourth-order valence-electron chi connectivity index (χ4n) is 1.77. The van der Waals surface area contributed by atoms with Crippen LogP contribution in [0.5, 0.6) is 0 Å². The first kappa shape index (κ1) is 17.7. The van der Waals surface area contributed by atoms with Gasteiger partial charge in [-0.2, -0.15) is 0 Å². The van der Waals surface area contributed by atoms with Gasteiger partial charge in [-0.05, 0) is 27.8 Å². The molecule has 0 saturated heterocycles. The van der Waals surface area contributed by atoms with Gasteiger partial charge in [0.2, 0.25) is 0 Å². The molecule has 1 aromatic heterocycles. The summed E-state index contributed by atoms with van der Waals surface area (Å²) >= 11 is 0. The van der Waals surface area contributed by atoms with Gasteiger partial charge in [-0.1, -0.05) is 20.8 Å². The molecule has 0 aromatic carbocycles. The van der Waals surface area contributed by atoms with Crippen molar-refractivity contribution in [1.82, 2.24) is 14.9 Å². The van der Waals surface area contributed by atoms with Crippen LogP contribution in [0.2, 0.25) is 0 Å². The van der Waals surface area contributed by atoms with E-state index in [4.69, 9.17) is 5.84 Å². The molecule has 0 unspecified atom stereocenters. The molecule has 0 spiro atoms. The average Bonchev–Trinajstić information content (AvgIpc) is 2.38. The lowest BCUT2D eigenvalue weighted by molar-refractivity contribution is 0.284. The predicted molar refractivity (Wildman–Crippen MR) is 89.5 cm³/mol. The van der Waals surface area contributed by atoms with Crippen LogP contribution in [0.3, 0.4) is 0 Å². The van der Waals surface area contributed by atoms with Crippen LogP contribution in [0, 0.1) is 6.92 Å². The zero-order chi connectivity index (χ0) is 16.2. The Bertz CT molecular complexity index is 464. The number of rotatable bonds is 6. The van der Waals surface area contributed by atoms with Crippen LogP contribution in [0.4, 0.5) is 11.6 Å². The van der Waals surface area contributed by atoms with E-state index >= 15 is 0 Å². The molecule has 1 heterocycles. The summed E-state index contributed by atoms with van der Waals surface area (Å²) in [6, 6.07) is 0.532. The number of anilines is 2. The Morgan fingerprint density at radius 1 is 1.19 bits per heavy atom. The van der Waals surface area contributed by atoms with Crippen molar-refractivity contribution in [3.8, 4) is 0 Å². The smallest absolute Gasteiger partial charge is 0.148 e. The quantitative estimate of drug-likeness (QED) is 0.551. The number of nitrogens with one attached hydrogen (secondary N) is 2. The van der Waals surface area contributed by atoms with Gasteiger partial charge in [0, 0.05) is 30.1 Å². The van der Waals surface area contributed by atoms with E-state index in [-0.39, 0.29) is 5.41 Å². The summed E-state index contributed by atoms with van der Waals surface area (Å²) in [6.45, 7) is 14.4. The third-order valence-corrected chi connectivity index (χ3v) is 3.59. The predicted octanol–water partition coefficient (Wildman–Crippen LogP) is 2.12. The molecule has 1 aromatic rings. The van der Waals surface area contributed by atoms with Crippen molar-refractivity contribution in [2.45, 2.75) is 53.0 Å². The van der Waals surface area contributed by atoms with Crippen molar-refractivity contribution in [3.05, 3.63) is 11.4 Å². The molecule has 0 radical (unpaired) electrons. The minimum Gasteiger partial charge on any atom is -0.368 e. The first-order chi connectivity index (χ1) is 9.66. The standard InChI is InChI=1S/C15H30N6/c1-10(2)21(7)9-8-17-12-11(3)13(20-16)19-14(18-12)15(4,5)6/h10H,8-9,16H2,1-7H3,(H2,17,18,19,20). The van der Waals surface area contributed by atoms with Crippen molar-refractivity contribution >= 4 is 11.6 Å². The minimum absolute atomic E-state index is 0.121. The number of likely N-dealkylation sites (N-methyl/N-ethyl adjacent to an activating group) is 1. The molecule has 4 N–H and O–H groups in total. The van der Waals surface area contributed by atoms with E-state index in [9.17, 15) is 0 Å². The van der Waals surface area contributed by atoms with E-state index < -0.39 is 0 Å². The highest BCUT2D eigenvalue weighted by atomic mass is 15.3. The minimum atomic E-state index is -0.121. The molecule has 0 aliphatic rings. The van der Waals surface area contributed by atoms with Crippen molar-refractivity contribution in [3.63, 3.8) is 0 Å². The molecule has 0 atom stereocenters. The van der Waals surface area contributed by atoms with Crippen LogP contribution in [-0.4, -0.2) is 41.0 Å². The molecule has 0 fully saturated rings. The molecular formula is C15H30N6. The Morgan fingerprint density at radius 3 is 2.24 bits per heavy atom. The number of hydrazine groups is 1. The Hall–Kier alpha value is -1.40. The van der Waals surface area contributed by atoms with Crippen molar-refractivity contribution in [2.75, 3.05) is 30.9 Å². The number of nitrogen functional groups attached to an aromatic ring is 1. The molecule has 21 heavy (non-hydrogen) atoms. The van der Waals surface area contributed by atoms with Gasteiger partial charge in [0.05, 0.1) is 0 Å². The van der Waals surface area contributed by atoms with Crippen LogP contribution < -0.4 is 16.6 Å². The molecule has 0 amide bonds. The molecule has 6 heteroatoms. The second kappa shape index (κ2) is 7.04. The lowest BCUT2D eigenvalue weighted by atomic mass is 9.95. The van der Waals surface area contributed by atoms with Crippen molar-refractivity contribution in [2.24, 2.45) is 5.84 Å². The number of nitrogens with zero attached hydrogens (tertiary/aromatic N) is 3. The van der Waals surface area contributed by atoms with Crippen molar-refractivity contribution < 1.29 is 0 Å². The maximum Gasteiger partial charge on any atom is 0.148 e. The summed E-state index contributed by atoms with van der Waals surface area (Å²) in [5, 5.41) is 3.40. The van der Waals surface area contributed by atoms with Crippen molar-refractivity contribution in [1.29, 1.82) is 0 Å². The molecule has 0 saturated carbocycles. The van der Waals surface area contributed by atoms with Gasteiger partial charge in [0.1, 0.15) is 17.5 Å². The van der Waals surface area contributed by atoms with Gasteiger partial charge < -0.3 is 15.6 Å². The first-order valence-corrected chi connectivity index (χ1v) is 7.46. The van der Waals surface area contributed by atoms with Gasteiger partial charge in [0.15, 0.2) is 0 Å². The van der Waals surface area contributed by atoms with E-state index in [0.717, 1.165) is 30.3 Å². The highest BCUT2D eigenvalue weighted by molar-refractivity contribution is 5.57. The van der Waals surface area contributed by atoms with Gasteiger partial charge in [-0.15, -0.1) is 0 Å². The maximum atomic E-state index is 5.57. The normalized spacial score (nSPS) is 12.1. The second-order valence-electron chi connectivity index (χ2n) is 6.76.